The molecule has 0 aromatic heterocycles. The Morgan fingerprint density at radius 2 is 1.06 bits per heavy atom. The van der Waals surface area contributed by atoms with E-state index in [-0.39, 0.29) is 17.6 Å². The molecule has 2 saturated carbocycles. The van der Waals surface area contributed by atoms with Gasteiger partial charge in [-0.1, -0.05) is 76.6 Å². The van der Waals surface area contributed by atoms with Gasteiger partial charge in [-0.05, 0) is 71.9 Å². The molecule has 0 N–H and O–H groups in total. The van der Waals surface area contributed by atoms with E-state index in [9.17, 15) is 4.79 Å². The molecule has 0 bridgehead atoms. The van der Waals surface area contributed by atoms with Crippen molar-refractivity contribution in [2.45, 2.75) is 102 Å². The third kappa shape index (κ3) is 5.34. The lowest BCUT2D eigenvalue weighted by Crippen LogP contribution is -2.17. The second kappa shape index (κ2) is 11.4. The first-order valence-corrected chi connectivity index (χ1v) is 13.4. The standard InChI is InChI=1S/C31H42O3/c1-21(25-15-17-27(29(19-25)33-3)23-11-7-5-8-12-23)31(32)22(2)26-16-18-28(30(20-26)34-4)24-13-9-6-10-14-24/h15-24H,5-14H2,1-4H3. The number of methoxy groups -OCH3 is 2. The van der Waals surface area contributed by atoms with Gasteiger partial charge < -0.3 is 9.47 Å². The van der Waals surface area contributed by atoms with Crippen LogP contribution in [0, 0.1) is 0 Å². The predicted octanol–water partition coefficient (Wildman–Crippen LogP) is 8.28. The van der Waals surface area contributed by atoms with Gasteiger partial charge in [0.05, 0.1) is 14.2 Å². The van der Waals surface area contributed by atoms with Gasteiger partial charge >= 0.3 is 0 Å². The molecule has 2 aromatic carbocycles. The van der Waals surface area contributed by atoms with Crippen molar-refractivity contribution in [3.8, 4) is 11.5 Å². The fourth-order valence-corrected chi connectivity index (χ4v) is 6.20. The van der Waals surface area contributed by atoms with E-state index in [4.69, 9.17) is 9.47 Å². The molecular weight excluding hydrogens is 420 g/mol. The highest BCUT2D eigenvalue weighted by atomic mass is 16.5. The van der Waals surface area contributed by atoms with Gasteiger partial charge in [0.15, 0.2) is 0 Å². The quantitative estimate of drug-likeness (QED) is 0.396. The van der Waals surface area contributed by atoms with Crippen molar-refractivity contribution in [3.05, 3.63) is 58.7 Å². The summed E-state index contributed by atoms with van der Waals surface area (Å²) in [6.45, 7) is 4.06. The molecule has 0 amide bonds. The zero-order valence-electron chi connectivity index (χ0n) is 21.6. The molecule has 0 heterocycles. The first-order valence-electron chi connectivity index (χ1n) is 13.4. The van der Waals surface area contributed by atoms with Crippen LogP contribution in [-0.2, 0) is 4.79 Å². The van der Waals surface area contributed by atoms with E-state index in [1.807, 2.05) is 13.8 Å². The SMILES string of the molecule is COc1cc(C(C)C(=O)C(C)c2ccc(C3CCCCC3)c(OC)c2)ccc1C1CCCCC1. The molecule has 2 aromatic rings. The molecule has 0 radical (unpaired) electrons. The lowest BCUT2D eigenvalue weighted by molar-refractivity contribution is -0.121. The van der Waals surface area contributed by atoms with E-state index in [0.717, 1.165) is 22.6 Å². The van der Waals surface area contributed by atoms with E-state index in [0.29, 0.717) is 11.8 Å². The van der Waals surface area contributed by atoms with Crippen LogP contribution in [-0.4, -0.2) is 20.0 Å². The molecule has 3 nitrogen and oxygen atoms in total. The van der Waals surface area contributed by atoms with E-state index in [1.54, 1.807) is 14.2 Å². The fraction of sp³-hybridized carbons (Fsp3) is 0.581. The van der Waals surface area contributed by atoms with Crippen LogP contribution in [0.3, 0.4) is 0 Å². The Bertz CT molecular complexity index is 889. The topological polar surface area (TPSA) is 35.5 Å². The Morgan fingerprint density at radius 3 is 1.41 bits per heavy atom. The lowest BCUT2D eigenvalue weighted by atomic mass is 9.80. The van der Waals surface area contributed by atoms with Gasteiger partial charge in [-0.25, -0.2) is 0 Å². The van der Waals surface area contributed by atoms with Crippen LogP contribution in [0.2, 0.25) is 0 Å². The largest absolute Gasteiger partial charge is 0.496 e. The van der Waals surface area contributed by atoms with Crippen LogP contribution in [0.25, 0.3) is 0 Å². The molecule has 2 aliphatic rings. The molecular formula is C31H42O3. The van der Waals surface area contributed by atoms with E-state index < -0.39 is 0 Å². The number of ether oxygens (including phenoxy) is 2. The number of carbonyl (C=O) groups is 1. The van der Waals surface area contributed by atoms with E-state index >= 15 is 0 Å². The van der Waals surface area contributed by atoms with Crippen LogP contribution < -0.4 is 9.47 Å². The summed E-state index contributed by atoms with van der Waals surface area (Å²) in [5.41, 5.74) is 4.70. The van der Waals surface area contributed by atoms with Gasteiger partial charge in [-0.3, -0.25) is 4.79 Å². The summed E-state index contributed by atoms with van der Waals surface area (Å²) in [7, 11) is 3.50. The summed E-state index contributed by atoms with van der Waals surface area (Å²) in [6.07, 6.45) is 12.8. The Hall–Kier alpha value is -2.29. The molecule has 184 valence electrons. The van der Waals surface area contributed by atoms with Crippen LogP contribution in [0.15, 0.2) is 36.4 Å². The Balaban J connectivity index is 1.51. The minimum atomic E-state index is -0.187. The van der Waals surface area contributed by atoms with Crippen molar-refractivity contribution in [3.63, 3.8) is 0 Å². The number of hydrogen-bond acceptors (Lipinski definition) is 3. The molecule has 2 aliphatic carbocycles. The molecule has 0 saturated heterocycles. The summed E-state index contributed by atoms with van der Waals surface area (Å²) in [5.74, 6) is 2.91. The predicted molar refractivity (Wildman–Crippen MR) is 139 cm³/mol. The molecule has 4 rings (SSSR count). The van der Waals surface area contributed by atoms with Crippen molar-refractivity contribution in [1.29, 1.82) is 0 Å². The summed E-state index contributed by atoms with van der Waals surface area (Å²) in [4.78, 5) is 13.5. The zero-order chi connectivity index (χ0) is 24.1. The lowest BCUT2D eigenvalue weighted by Gasteiger charge is -2.26. The Kier molecular flexibility index (Phi) is 8.34. The normalized spacial score (nSPS) is 19.4. The van der Waals surface area contributed by atoms with Crippen molar-refractivity contribution >= 4 is 5.78 Å². The average molecular weight is 463 g/mol. The van der Waals surface area contributed by atoms with Crippen molar-refractivity contribution in [2.75, 3.05) is 14.2 Å². The first-order chi connectivity index (χ1) is 16.5. The highest BCUT2D eigenvalue weighted by Gasteiger charge is 2.27. The maximum absolute atomic E-state index is 13.5. The van der Waals surface area contributed by atoms with Gasteiger partial charge in [0.25, 0.3) is 0 Å². The number of ketones is 1. The number of rotatable bonds is 8. The van der Waals surface area contributed by atoms with E-state index in [2.05, 4.69) is 36.4 Å². The fourth-order valence-electron chi connectivity index (χ4n) is 6.20. The van der Waals surface area contributed by atoms with Gasteiger partial charge in [-0.15, -0.1) is 0 Å². The molecule has 2 fully saturated rings. The molecule has 0 spiro atoms. The smallest absolute Gasteiger partial charge is 0.147 e. The summed E-state index contributed by atoms with van der Waals surface area (Å²) < 4.78 is 11.6. The number of hydrogen-bond donors (Lipinski definition) is 0. The molecule has 0 aliphatic heterocycles. The van der Waals surface area contributed by atoms with Crippen molar-refractivity contribution in [1.82, 2.24) is 0 Å². The second-order valence-electron chi connectivity index (χ2n) is 10.5. The van der Waals surface area contributed by atoms with Gasteiger partial charge in [0, 0.05) is 11.8 Å². The number of carbonyl (C=O) groups excluding carboxylic acids is 1. The second-order valence-corrected chi connectivity index (χ2v) is 10.5. The summed E-state index contributed by atoms with van der Waals surface area (Å²) >= 11 is 0. The maximum Gasteiger partial charge on any atom is 0.147 e. The van der Waals surface area contributed by atoms with Gasteiger partial charge in [0.2, 0.25) is 0 Å². The van der Waals surface area contributed by atoms with Crippen LogP contribution in [0.4, 0.5) is 0 Å². The van der Waals surface area contributed by atoms with E-state index in [1.165, 1.54) is 75.3 Å². The Labute approximate surface area is 206 Å². The minimum absolute atomic E-state index is 0.187. The average Bonchev–Trinajstić information content (AvgIpc) is 2.92. The highest BCUT2D eigenvalue weighted by Crippen LogP contribution is 2.41. The van der Waals surface area contributed by atoms with Gasteiger partial charge in [-0.2, -0.15) is 0 Å². The highest BCUT2D eigenvalue weighted by molar-refractivity contribution is 5.91. The molecule has 34 heavy (non-hydrogen) atoms. The van der Waals surface area contributed by atoms with Crippen molar-refractivity contribution in [2.24, 2.45) is 0 Å². The maximum atomic E-state index is 13.5. The Morgan fingerprint density at radius 1 is 0.676 bits per heavy atom. The molecule has 2 unspecified atom stereocenters. The van der Waals surface area contributed by atoms with Crippen LogP contribution in [0.5, 0.6) is 11.5 Å². The van der Waals surface area contributed by atoms with Crippen LogP contribution in [0.1, 0.15) is 124 Å². The monoisotopic (exact) mass is 462 g/mol. The molecule has 3 heteroatoms. The van der Waals surface area contributed by atoms with Crippen molar-refractivity contribution < 1.29 is 14.3 Å². The first kappa shape index (κ1) is 24.8. The number of benzene rings is 2. The third-order valence-corrected chi connectivity index (χ3v) is 8.46. The zero-order valence-corrected chi connectivity index (χ0v) is 21.6. The van der Waals surface area contributed by atoms with Gasteiger partial charge in [0.1, 0.15) is 17.3 Å². The minimum Gasteiger partial charge on any atom is -0.496 e. The van der Waals surface area contributed by atoms with Crippen LogP contribution >= 0.6 is 0 Å². The number of Topliss-reactive ketones (excluding diaryl/α,β-unsaturated/α-hetero) is 1. The third-order valence-electron chi connectivity index (χ3n) is 8.46. The summed E-state index contributed by atoms with van der Waals surface area (Å²) in [5, 5.41) is 0. The summed E-state index contributed by atoms with van der Waals surface area (Å²) in [6, 6.07) is 12.9. The molecule has 2 atom stereocenters.